The maximum atomic E-state index is 5.81. The largest absolute Gasteiger partial charge is 0.493 e. The van der Waals surface area contributed by atoms with Crippen molar-refractivity contribution < 1.29 is 14.0 Å². The van der Waals surface area contributed by atoms with Crippen LogP contribution in [-0.4, -0.2) is 73.0 Å². The molecule has 0 unspecified atom stereocenters. The zero-order chi connectivity index (χ0) is 17.6. The van der Waals surface area contributed by atoms with E-state index in [1.165, 1.54) is 0 Å². The fourth-order valence-electron chi connectivity index (χ4n) is 2.99. The van der Waals surface area contributed by atoms with Crippen molar-refractivity contribution >= 4 is 0 Å². The maximum Gasteiger partial charge on any atom is 0.241 e. The summed E-state index contributed by atoms with van der Waals surface area (Å²) in [6.07, 6.45) is 0.213. The van der Waals surface area contributed by atoms with E-state index < -0.39 is 0 Å². The number of morpholine rings is 1. The standard InChI is InChI=1S/C18H26N4O3/c1-4-23-16-8-6-5-7-15(16)18-19-17(25-20-18)13-22-9-10-24-14(12-22)11-21(2)3/h5-8,14H,4,9-13H2,1-3H3/t14-/m0/s1. The summed E-state index contributed by atoms with van der Waals surface area (Å²) in [6, 6.07) is 7.75. The van der Waals surface area contributed by atoms with Crippen LogP contribution in [0.2, 0.25) is 0 Å². The average Bonchev–Trinajstić information content (AvgIpc) is 3.04. The Hall–Kier alpha value is -1.96. The van der Waals surface area contributed by atoms with Crippen molar-refractivity contribution in [2.75, 3.05) is 46.9 Å². The molecule has 0 aliphatic carbocycles. The van der Waals surface area contributed by atoms with Gasteiger partial charge in [-0.3, -0.25) is 4.90 Å². The van der Waals surface area contributed by atoms with Crippen LogP contribution in [0.1, 0.15) is 12.8 Å². The molecule has 2 aromatic rings. The minimum absolute atomic E-state index is 0.213. The molecule has 1 aliphatic rings. The molecule has 1 fully saturated rings. The highest BCUT2D eigenvalue weighted by Gasteiger charge is 2.23. The van der Waals surface area contributed by atoms with E-state index in [4.69, 9.17) is 14.0 Å². The van der Waals surface area contributed by atoms with Crippen LogP contribution in [0.3, 0.4) is 0 Å². The van der Waals surface area contributed by atoms with Crippen molar-refractivity contribution in [1.82, 2.24) is 19.9 Å². The minimum atomic E-state index is 0.213. The maximum absolute atomic E-state index is 5.81. The Morgan fingerprint density at radius 1 is 1.32 bits per heavy atom. The Bertz CT molecular complexity index is 674. The molecule has 1 saturated heterocycles. The first kappa shape index (κ1) is 17.8. The van der Waals surface area contributed by atoms with Crippen LogP contribution in [0.5, 0.6) is 5.75 Å². The third-order valence-corrected chi connectivity index (χ3v) is 4.05. The number of hydrogen-bond acceptors (Lipinski definition) is 7. The summed E-state index contributed by atoms with van der Waals surface area (Å²) in [6.45, 7) is 6.57. The lowest BCUT2D eigenvalue weighted by molar-refractivity contribution is -0.0430. The Balaban J connectivity index is 1.66. The van der Waals surface area contributed by atoms with Gasteiger partial charge in [-0.2, -0.15) is 4.98 Å². The summed E-state index contributed by atoms with van der Waals surface area (Å²) >= 11 is 0. The predicted molar refractivity (Wildman–Crippen MR) is 94.5 cm³/mol. The summed E-state index contributed by atoms with van der Waals surface area (Å²) in [5.74, 6) is 1.96. The molecule has 1 aliphatic heterocycles. The molecule has 1 aromatic heterocycles. The fraction of sp³-hybridized carbons (Fsp3) is 0.556. The first-order valence-corrected chi connectivity index (χ1v) is 8.69. The molecular formula is C18H26N4O3. The highest BCUT2D eigenvalue weighted by Crippen LogP contribution is 2.27. The van der Waals surface area contributed by atoms with Gasteiger partial charge < -0.3 is 18.9 Å². The van der Waals surface area contributed by atoms with Crippen molar-refractivity contribution in [3.63, 3.8) is 0 Å². The summed E-state index contributed by atoms with van der Waals surface area (Å²) in [5, 5.41) is 4.13. The zero-order valence-corrected chi connectivity index (χ0v) is 15.1. The third kappa shape index (κ3) is 4.78. The predicted octanol–water partition coefficient (Wildman–Crippen LogP) is 1.90. The Morgan fingerprint density at radius 3 is 2.96 bits per heavy atom. The lowest BCUT2D eigenvalue weighted by Crippen LogP contribution is -2.46. The highest BCUT2D eigenvalue weighted by atomic mass is 16.5. The summed E-state index contributed by atoms with van der Waals surface area (Å²) < 4.78 is 16.9. The van der Waals surface area contributed by atoms with E-state index in [1.807, 2.05) is 31.2 Å². The average molecular weight is 346 g/mol. The van der Waals surface area contributed by atoms with Crippen molar-refractivity contribution in [2.24, 2.45) is 0 Å². The van der Waals surface area contributed by atoms with Gasteiger partial charge in [0.25, 0.3) is 0 Å². The van der Waals surface area contributed by atoms with Crippen LogP contribution >= 0.6 is 0 Å². The van der Waals surface area contributed by atoms with E-state index in [9.17, 15) is 0 Å². The molecule has 0 amide bonds. The van der Waals surface area contributed by atoms with Crippen molar-refractivity contribution in [3.05, 3.63) is 30.2 Å². The summed E-state index contributed by atoms with van der Waals surface area (Å²) in [5.41, 5.74) is 0.854. The van der Waals surface area contributed by atoms with Crippen LogP contribution in [0.4, 0.5) is 0 Å². The van der Waals surface area contributed by atoms with Gasteiger partial charge in [-0.25, -0.2) is 0 Å². The lowest BCUT2D eigenvalue weighted by atomic mass is 10.2. The quantitative estimate of drug-likeness (QED) is 0.758. The topological polar surface area (TPSA) is 63.9 Å². The van der Waals surface area contributed by atoms with Crippen LogP contribution in [0, 0.1) is 0 Å². The highest BCUT2D eigenvalue weighted by molar-refractivity contribution is 5.63. The number of ether oxygens (including phenoxy) is 2. The van der Waals surface area contributed by atoms with E-state index in [0.717, 1.165) is 37.6 Å². The van der Waals surface area contributed by atoms with Gasteiger partial charge in [0.05, 0.1) is 31.4 Å². The molecule has 25 heavy (non-hydrogen) atoms. The first-order valence-electron chi connectivity index (χ1n) is 8.69. The van der Waals surface area contributed by atoms with Gasteiger partial charge >= 0.3 is 0 Å². The van der Waals surface area contributed by atoms with Gasteiger partial charge in [0.15, 0.2) is 0 Å². The number of likely N-dealkylation sites (N-methyl/N-ethyl adjacent to an activating group) is 1. The molecule has 0 radical (unpaired) electrons. The van der Waals surface area contributed by atoms with Crippen LogP contribution in [0.15, 0.2) is 28.8 Å². The Kier molecular flexibility index (Phi) is 6.01. The molecule has 1 atom stereocenters. The number of nitrogens with zero attached hydrogens (tertiary/aromatic N) is 4. The second kappa shape index (κ2) is 8.42. The van der Waals surface area contributed by atoms with E-state index in [1.54, 1.807) is 0 Å². The Labute approximate surface area is 148 Å². The van der Waals surface area contributed by atoms with Crippen molar-refractivity contribution in [1.29, 1.82) is 0 Å². The minimum Gasteiger partial charge on any atom is -0.493 e. The summed E-state index contributed by atoms with van der Waals surface area (Å²) in [4.78, 5) is 8.99. The van der Waals surface area contributed by atoms with Gasteiger partial charge in [-0.05, 0) is 33.2 Å². The van der Waals surface area contributed by atoms with Crippen LogP contribution in [-0.2, 0) is 11.3 Å². The fourth-order valence-corrected chi connectivity index (χ4v) is 2.99. The van der Waals surface area contributed by atoms with Crippen molar-refractivity contribution in [2.45, 2.75) is 19.6 Å². The van der Waals surface area contributed by atoms with Gasteiger partial charge in [-0.15, -0.1) is 0 Å². The zero-order valence-electron chi connectivity index (χ0n) is 15.1. The number of para-hydroxylation sites is 1. The molecule has 2 heterocycles. The van der Waals surface area contributed by atoms with Crippen LogP contribution < -0.4 is 4.74 Å². The van der Waals surface area contributed by atoms with E-state index in [2.05, 4.69) is 34.0 Å². The number of benzene rings is 1. The van der Waals surface area contributed by atoms with Gasteiger partial charge in [-0.1, -0.05) is 17.3 Å². The second-order valence-electron chi connectivity index (χ2n) is 6.43. The number of rotatable bonds is 7. The van der Waals surface area contributed by atoms with Crippen LogP contribution in [0.25, 0.3) is 11.4 Å². The number of hydrogen-bond donors (Lipinski definition) is 0. The normalized spacial score (nSPS) is 18.6. The molecule has 0 N–H and O–H groups in total. The lowest BCUT2D eigenvalue weighted by Gasteiger charge is -2.33. The SMILES string of the molecule is CCOc1ccccc1-c1noc(CN2CCO[C@@H](CN(C)C)C2)n1. The Morgan fingerprint density at radius 2 is 2.16 bits per heavy atom. The number of aromatic nitrogens is 2. The molecule has 0 spiro atoms. The molecule has 0 saturated carbocycles. The molecule has 3 rings (SSSR count). The monoisotopic (exact) mass is 346 g/mol. The summed E-state index contributed by atoms with van der Waals surface area (Å²) in [7, 11) is 4.12. The first-order chi connectivity index (χ1) is 12.2. The molecule has 7 nitrogen and oxygen atoms in total. The van der Waals surface area contributed by atoms with Gasteiger partial charge in [0.1, 0.15) is 5.75 Å². The smallest absolute Gasteiger partial charge is 0.241 e. The molecular weight excluding hydrogens is 320 g/mol. The molecule has 0 bridgehead atoms. The third-order valence-electron chi connectivity index (χ3n) is 4.05. The van der Waals surface area contributed by atoms with E-state index >= 15 is 0 Å². The molecule has 1 aromatic carbocycles. The van der Waals surface area contributed by atoms with Crippen molar-refractivity contribution in [3.8, 4) is 17.1 Å². The molecule has 7 heteroatoms. The second-order valence-corrected chi connectivity index (χ2v) is 6.43. The van der Waals surface area contributed by atoms with Gasteiger partial charge in [0.2, 0.25) is 11.7 Å². The van der Waals surface area contributed by atoms with Gasteiger partial charge in [0, 0.05) is 19.6 Å². The van der Waals surface area contributed by atoms with E-state index in [-0.39, 0.29) is 6.10 Å². The van der Waals surface area contributed by atoms with E-state index in [0.29, 0.717) is 24.9 Å². The molecule has 136 valence electrons.